The number of benzene rings is 1. The van der Waals surface area contributed by atoms with E-state index in [2.05, 4.69) is 19.2 Å². The monoisotopic (exact) mass is 432 g/mol. The van der Waals surface area contributed by atoms with Crippen LogP contribution in [0.4, 0.5) is 5.00 Å². The van der Waals surface area contributed by atoms with Crippen LogP contribution in [0.5, 0.6) is 0 Å². The number of hydrogen-bond donors (Lipinski definition) is 1. The lowest BCUT2D eigenvalue weighted by Gasteiger charge is -2.25. The van der Waals surface area contributed by atoms with Crippen molar-refractivity contribution < 1.29 is 19.1 Å². The van der Waals surface area contributed by atoms with Gasteiger partial charge in [0, 0.05) is 34.1 Å². The molecule has 1 aliphatic heterocycles. The molecule has 0 fully saturated rings. The fourth-order valence-corrected chi connectivity index (χ4v) is 5.29. The number of hydrogen-bond acceptors (Lipinski definition) is 6. The van der Waals surface area contributed by atoms with Crippen LogP contribution in [-0.2, 0) is 22.5 Å². The van der Waals surface area contributed by atoms with Gasteiger partial charge in [-0.15, -0.1) is 23.1 Å². The van der Waals surface area contributed by atoms with E-state index in [0.717, 1.165) is 15.3 Å². The van der Waals surface area contributed by atoms with Gasteiger partial charge in [-0.25, -0.2) is 4.79 Å². The standard InChI is InChI=1S/C21H24N2O4S2/c1-12(2)28-15-7-5-14(6-8-15)19(25)22-20-18(21(26)27-4)16-9-10-23(13(3)24)11-17(16)29-20/h5-8,12H,9-11H2,1-4H3,(H,22,25). The lowest BCUT2D eigenvalue weighted by molar-refractivity contribution is -0.129. The van der Waals surface area contributed by atoms with Crippen molar-refractivity contribution in [1.82, 2.24) is 4.90 Å². The normalized spacial score (nSPS) is 13.2. The average Bonchev–Trinajstić information content (AvgIpc) is 3.04. The Labute approximate surface area is 178 Å². The summed E-state index contributed by atoms with van der Waals surface area (Å²) >= 11 is 3.06. The molecule has 0 radical (unpaired) electrons. The van der Waals surface area contributed by atoms with E-state index >= 15 is 0 Å². The van der Waals surface area contributed by atoms with Crippen molar-refractivity contribution in [2.75, 3.05) is 19.0 Å². The molecule has 0 bridgehead atoms. The highest BCUT2D eigenvalue weighted by molar-refractivity contribution is 7.99. The maximum atomic E-state index is 12.8. The molecule has 1 aromatic carbocycles. The molecule has 0 aliphatic carbocycles. The van der Waals surface area contributed by atoms with Crippen molar-refractivity contribution in [3.8, 4) is 0 Å². The highest BCUT2D eigenvalue weighted by atomic mass is 32.2. The van der Waals surface area contributed by atoms with E-state index in [4.69, 9.17) is 4.74 Å². The maximum Gasteiger partial charge on any atom is 0.341 e. The molecule has 1 aliphatic rings. The maximum absolute atomic E-state index is 12.8. The number of carbonyl (C=O) groups is 3. The van der Waals surface area contributed by atoms with Crippen LogP contribution < -0.4 is 5.32 Å². The molecular formula is C21H24N2O4S2. The summed E-state index contributed by atoms with van der Waals surface area (Å²) in [4.78, 5) is 40.6. The van der Waals surface area contributed by atoms with Crippen molar-refractivity contribution in [1.29, 1.82) is 0 Å². The second kappa shape index (κ2) is 9.00. The number of thiophene rings is 1. The van der Waals surface area contributed by atoms with Crippen LogP contribution in [0.3, 0.4) is 0 Å². The number of anilines is 1. The zero-order chi connectivity index (χ0) is 21.1. The van der Waals surface area contributed by atoms with Crippen molar-refractivity contribution in [2.45, 2.75) is 43.9 Å². The molecule has 2 heterocycles. The topological polar surface area (TPSA) is 75.7 Å². The molecule has 0 spiro atoms. The second-order valence-corrected chi connectivity index (χ2v) is 9.79. The Balaban J connectivity index is 1.85. The lowest BCUT2D eigenvalue weighted by atomic mass is 10.0. The fraction of sp³-hybridized carbons (Fsp3) is 0.381. The summed E-state index contributed by atoms with van der Waals surface area (Å²) in [5.74, 6) is -0.760. The number of nitrogens with zero attached hydrogens (tertiary/aromatic N) is 1. The summed E-state index contributed by atoms with van der Waals surface area (Å²) in [5, 5.41) is 3.80. The van der Waals surface area contributed by atoms with Gasteiger partial charge in [-0.3, -0.25) is 9.59 Å². The molecule has 6 nitrogen and oxygen atoms in total. The van der Waals surface area contributed by atoms with Gasteiger partial charge in [0.2, 0.25) is 5.91 Å². The van der Waals surface area contributed by atoms with E-state index in [9.17, 15) is 14.4 Å². The Hall–Kier alpha value is -2.32. The summed E-state index contributed by atoms with van der Waals surface area (Å²) in [5.41, 5.74) is 1.78. The third-order valence-electron chi connectivity index (χ3n) is 4.61. The molecule has 1 N–H and O–H groups in total. The van der Waals surface area contributed by atoms with E-state index in [0.29, 0.717) is 40.9 Å². The summed E-state index contributed by atoms with van der Waals surface area (Å²) in [6, 6.07) is 7.40. The summed E-state index contributed by atoms with van der Waals surface area (Å²) in [7, 11) is 1.33. The zero-order valence-electron chi connectivity index (χ0n) is 16.9. The molecule has 2 aromatic rings. The quantitative estimate of drug-likeness (QED) is 0.566. The van der Waals surface area contributed by atoms with Crippen LogP contribution in [0, 0.1) is 0 Å². The molecule has 0 saturated heterocycles. The van der Waals surface area contributed by atoms with E-state index in [1.54, 1.807) is 28.8 Å². The number of ether oxygens (including phenoxy) is 1. The predicted octanol–water partition coefficient (Wildman–Crippen LogP) is 4.19. The van der Waals surface area contributed by atoms with Gasteiger partial charge < -0.3 is 15.0 Å². The molecule has 8 heteroatoms. The number of thioether (sulfide) groups is 1. The van der Waals surface area contributed by atoms with Crippen molar-refractivity contribution in [3.63, 3.8) is 0 Å². The SMILES string of the molecule is COC(=O)c1c(NC(=O)c2ccc(SC(C)C)cc2)sc2c1CCN(C(C)=O)C2. The van der Waals surface area contributed by atoms with E-state index in [-0.39, 0.29) is 11.8 Å². The first kappa shape index (κ1) is 21.4. The fourth-order valence-electron chi connectivity index (χ4n) is 3.21. The number of methoxy groups -OCH3 is 1. The van der Waals surface area contributed by atoms with Gasteiger partial charge in [-0.1, -0.05) is 13.8 Å². The molecule has 154 valence electrons. The Bertz CT molecular complexity index is 935. The second-order valence-electron chi connectivity index (χ2n) is 7.04. The van der Waals surface area contributed by atoms with Crippen LogP contribution in [0.1, 0.15) is 51.9 Å². The third kappa shape index (κ3) is 4.82. The highest BCUT2D eigenvalue weighted by Crippen LogP contribution is 2.38. The number of nitrogens with one attached hydrogen (secondary N) is 1. The van der Waals surface area contributed by atoms with Gasteiger partial charge in [0.15, 0.2) is 0 Å². The Kier molecular flexibility index (Phi) is 6.64. The molecule has 0 saturated carbocycles. The molecular weight excluding hydrogens is 408 g/mol. The number of fused-ring (bicyclic) bond motifs is 1. The van der Waals surface area contributed by atoms with Gasteiger partial charge in [0.25, 0.3) is 5.91 Å². The van der Waals surface area contributed by atoms with Crippen molar-refractivity contribution in [2.24, 2.45) is 0 Å². The van der Waals surface area contributed by atoms with Gasteiger partial charge in [-0.2, -0.15) is 0 Å². The van der Waals surface area contributed by atoms with Gasteiger partial charge in [0.05, 0.1) is 19.2 Å². The molecule has 0 unspecified atom stereocenters. The molecule has 0 atom stereocenters. The first-order valence-corrected chi connectivity index (χ1v) is 11.1. The average molecular weight is 433 g/mol. The minimum absolute atomic E-state index is 0.00592. The Morgan fingerprint density at radius 3 is 2.48 bits per heavy atom. The number of amides is 2. The van der Waals surface area contributed by atoms with Crippen LogP contribution in [0.15, 0.2) is 29.2 Å². The van der Waals surface area contributed by atoms with Crippen LogP contribution in [0.2, 0.25) is 0 Å². The highest BCUT2D eigenvalue weighted by Gasteiger charge is 2.30. The number of carbonyl (C=O) groups excluding carboxylic acids is 3. The summed E-state index contributed by atoms with van der Waals surface area (Å²) in [6.07, 6.45) is 0.562. The van der Waals surface area contributed by atoms with Crippen LogP contribution in [-0.4, -0.2) is 41.6 Å². The molecule has 1 aromatic heterocycles. The molecule has 3 rings (SSSR count). The van der Waals surface area contributed by atoms with Gasteiger partial charge in [0.1, 0.15) is 5.00 Å². The number of esters is 1. The first-order chi connectivity index (χ1) is 13.8. The van der Waals surface area contributed by atoms with Gasteiger partial charge in [-0.05, 0) is 36.2 Å². The number of rotatable bonds is 5. The molecule has 29 heavy (non-hydrogen) atoms. The van der Waals surface area contributed by atoms with E-state index < -0.39 is 5.97 Å². The Morgan fingerprint density at radius 1 is 1.21 bits per heavy atom. The van der Waals surface area contributed by atoms with Crippen molar-refractivity contribution >= 4 is 45.9 Å². The van der Waals surface area contributed by atoms with Crippen LogP contribution >= 0.6 is 23.1 Å². The largest absolute Gasteiger partial charge is 0.465 e. The van der Waals surface area contributed by atoms with Crippen LogP contribution in [0.25, 0.3) is 0 Å². The Morgan fingerprint density at radius 2 is 1.90 bits per heavy atom. The predicted molar refractivity (Wildman–Crippen MR) is 116 cm³/mol. The van der Waals surface area contributed by atoms with Crippen molar-refractivity contribution in [3.05, 3.63) is 45.8 Å². The minimum atomic E-state index is -0.474. The third-order valence-corrected chi connectivity index (χ3v) is 6.76. The van der Waals surface area contributed by atoms with E-state index in [1.807, 2.05) is 12.1 Å². The lowest BCUT2D eigenvalue weighted by Crippen LogP contribution is -2.33. The minimum Gasteiger partial charge on any atom is -0.465 e. The summed E-state index contributed by atoms with van der Waals surface area (Å²) in [6.45, 7) is 6.75. The summed E-state index contributed by atoms with van der Waals surface area (Å²) < 4.78 is 4.95. The first-order valence-electron chi connectivity index (χ1n) is 9.36. The van der Waals surface area contributed by atoms with Gasteiger partial charge >= 0.3 is 5.97 Å². The smallest absolute Gasteiger partial charge is 0.341 e. The van der Waals surface area contributed by atoms with E-state index in [1.165, 1.54) is 25.4 Å². The molecule has 2 amide bonds. The zero-order valence-corrected chi connectivity index (χ0v) is 18.5.